The van der Waals surface area contributed by atoms with Crippen molar-refractivity contribution in [3.05, 3.63) is 77.5 Å². The lowest BCUT2D eigenvalue weighted by atomic mass is 9.90. The number of carbonyl (C=O) groups is 2. The van der Waals surface area contributed by atoms with Crippen molar-refractivity contribution in [3.8, 4) is 23.1 Å². The summed E-state index contributed by atoms with van der Waals surface area (Å²) in [6.45, 7) is 0. The smallest absolute Gasteiger partial charge is 0.257 e. The summed E-state index contributed by atoms with van der Waals surface area (Å²) in [4.78, 5) is 29.3. The fraction of sp³-hybridized carbons (Fsp3) is 0.269. The topological polar surface area (TPSA) is 110 Å². The van der Waals surface area contributed by atoms with Gasteiger partial charge in [-0.3, -0.25) is 9.59 Å². The molecular weight excluding hydrogens is 472 g/mol. The molecule has 1 aliphatic carbocycles. The van der Waals surface area contributed by atoms with Crippen LogP contribution in [0.25, 0.3) is 0 Å². The molecule has 0 aliphatic heterocycles. The molecule has 0 bridgehead atoms. The van der Waals surface area contributed by atoms with Crippen LogP contribution in [-0.4, -0.2) is 41.1 Å². The van der Waals surface area contributed by atoms with E-state index < -0.39 is 17.5 Å². The number of amides is 2. The summed E-state index contributed by atoms with van der Waals surface area (Å²) in [5.74, 6) is -1.66. The van der Waals surface area contributed by atoms with E-state index in [9.17, 15) is 23.5 Å². The first-order valence-electron chi connectivity index (χ1n) is 11.4. The normalized spacial score (nSPS) is 17.2. The molecule has 0 atom stereocenters. The Hall–Kier alpha value is -4.21. The number of benzene rings is 2. The zero-order valence-corrected chi connectivity index (χ0v) is 19.5. The molecule has 4 rings (SSSR count). The molecule has 1 heterocycles. The second-order valence-corrected chi connectivity index (χ2v) is 8.44. The van der Waals surface area contributed by atoms with E-state index in [-0.39, 0.29) is 46.7 Å². The Kier molecular flexibility index (Phi) is 7.62. The number of methoxy groups -OCH3 is 1. The quantitative estimate of drug-likeness (QED) is 0.448. The number of pyridine rings is 1. The number of aromatic hydroxyl groups is 1. The van der Waals surface area contributed by atoms with Gasteiger partial charge in [-0.1, -0.05) is 0 Å². The van der Waals surface area contributed by atoms with Crippen LogP contribution in [0.4, 0.5) is 8.78 Å². The largest absolute Gasteiger partial charge is 0.504 e. The maximum atomic E-state index is 13.8. The molecule has 0 spiro atoms. The maximum Gasteiger partial charge on any atom is 0.257 e. The van der Waals surface area contributed by atoms with Crippen molar-refractivity contribution in [2.75, 3.05) is 7.11 Å². The number of nitrogens with one attached hydrogen (secondary N) is 2. The number of carbonyl (C=O) groups excluding carboxylic acids is 2. The lowest BCUT2D eigenvalue weighted by molar-refractivity contribution is 0.0890. The van der Waals surface area contributed by atoms with E-state index >= 15 is 0 Å². The highest BCUT2D eigenvalue weighted by Crippen LogP contribution is 2.27. The number of phenolic OH excluding ortho intramolecular Hbond substituents is 1. The number of nitrogens with zero attached hydrogens (tertiary/aromatic N) is 1. The number of rotatable bonds is 7. The van der Waals surface area contributed by atoms with Crippen LogP contribution in [-0.2, 0) is 0 Å². The zero-order chi connectivity index (χ0) is 25.7. The van der Waals surface area contributed by atoms with E-state index in [1.807, 2.05) is 0 Å². The molecule has 1 aromatic heterocycles. The fourth-order valence-electron chi connectivity index (χ4n) is 4.03. The van der Waals surface area contributed by atoms with Crippen molar-refractivity contribution in [3.63, 3.8) is 0 Å². The molecule has 36 heavy (non-hydrogen) atoms. The Morgan fingerprint density at radius 1 is 0.917 bits per heavy atom. The Labute approximate surface area is 206 Å². The predicted molar refractivity (Wildman–Crippen MR) is 126 cm³/mol. The first-order chi connectivity index (χ1) is 17.3. The number of phenols is 1. The number of aromatic nitrogens is 1. The lowest BCUT2D eigenvalue weighted by Gasteiger charge is -2.29. The third-order valence-electron chi connectivity index (χ3n) is 5.93. The summed E-state index contributed by atoms with van der Waals surface area (Å²) in [6.07, 6.45) is 3.38. The average molecular weight is 497 g/mol. The molecule has 0 unspecified atom stereocenters. The first kappa shape index (κ1) is 24.9. The molecule has 3 aromatic rings. The SMILES string of the molecule is COc1ccc(C(=O)NC2CCC(NC(=O)c3cc(F)cnc3Oc3ccc(F)cc3)CC2)cc1O. The van der Waals surface area contributed by atoms with Gasteiger partial charge in [-0.05, 0) is 74.2 Å². The minimum atomic E-state index is -0.692. The molecule has 10 heteroatoms. The van der Waals surface area contributed by atoms with Gasteiger partial charge in [0.15, 0.2) is 11.5 Å². The summed E-state index contributed by atoms with van der Waals surface area (Å²) in [5, 5.41) is 15.7. The van der Waals surface area contributed by atoms with Crippen LogP contribution < -0.4 is 20.1 Å². The summed E-state index contributed by atoms with van der Waals surface area (Å²) < 4.78 is 37.6. The highest BCUT2D eigenvalue weighted by atomic mass is 19.1. The minimum absolute atomic E-state index is 0.0749. The molecule has 0 saturated heterocycles. The van der Waals surface area contributed by atoms with Gasteiger partial charge in [0.1, 0.15) is 22.9 Å². The second kappa shape index (κ2) is 11.0. The highest BCUT2D eigenvalue weighted by Gasteiger charge is 2.26. The van der Waals surface area contributed by atoms with Crippen LogP contribution in [0.1, 0.15) is 46.4 Å². The van der Waals surface area contributed by atoms with Gasteiger partial charge in [0, 0.05) is 17.6 Å². The average Bonchev–Trinajstić information content (AvgIpc) is 2.87. The fourth-order valence-corrected chi connectivity index (χ4v) is 4.03. The van der Waals surface area contributed by atoms with Crippen molar-refractivity contribution in [1.29, 1.82) is 0 Å². The van der Waals surface area contributed by atoms with Crippen molar-refractivity contribution in [1.82, 2.24) is 15.6 Å². The second-order valence-electron chi connectivity index (χ2n) is 8.44. The van der Waals surface area contributed by atoms with Crippen molar-refractivity contribution >= 4 is 11.8 Å². The van der Waals surface area contributed by atoms with E-state index in [1.165, 1.54) is 43.5 Å². The van der Waals surface area contributed by atoms with Gasteiger partial charge in [0.25, 0.3) is 11.8 Å². The maximum absolute atomic E-state index is 13.8. The standard InChI is InChI=1S/C26H25F2N3O5/c1-35-23-11-2-15(12-22(23)32)24(33)30-18-5-7-19(8-6-18)31-25(34)21-13-17(28)14-29-26(21)36-20-9-3-16(27)4-10-20/h2-4,9-14,18-19,32H,5-8H2,1H3,(H,30,33)(H,31,34). The molecule has 188 valence electrons. The van der Waals surface area contributed by atoms with Gasteiger partial charge in [-0.25, -0.2) is 13.8 Å². The summed E-state index contributed by atoms with van der Waals surface area (Å²) in [5.41, 5.74) is 0.241. The van der Waals surface area contributed by atoms with Crippen LogP contribution in [0.5, 0.6) is 23.1 Å². The van der Waals surface area contributed by atoms with Gasteiger partial charge >= 0.3 is 0 Å². The minimum Gasteiger partial charge on any atom is -0.504 e. The van der Waals surface area contributed by atoms with E-state index in [1.54, 1.807) is 6.07 Å². The van der Waals surface area contributed by atoms with Crippen LogP contribution in [0, 0.1) is 11.6 Å². The first-order valence-corrected chi connectivity index (χ1v) is 11.4. The van der Waals surface area contributed by atoms with Gasteiger partial charge in [-0.15, -0.1) is 0 Å². The lowest BCUT2D eigenvalue weighted by Crippen LogP contribution is -2.43. The van der Waals surface area contributed by atoms with E-state index in [0.29, 0.717) is 31.2 Å². The van der Waals surface area contributed by atoms with Gasteiger partial charge in [0.2, 0.25) is 5.88 Å². The van der Waals surface area contributed by atoms with Gasteiger partial charge < -0.3 is 25.2 Å². The van der Waals surface area contributed by atoms with Crippen molar-refractivity contribution < 1.29 is 33.0 Å². The Balaban J connectivity index is 1.33. The van der Waals surface area contributed by atoms with E-state index in [2.05, 4.69) is 15.6 Å². The summed E-state index contributed by atoms with van der Waals surface area (Å²) >= 11 is 0. The number of hydrogen-bond donors (Lipinski definition) is 3. The molecule has 1 aliphatic rings. The summed E-state index contributed by atoms with van der Waals surface area (Å²) in [7, 11) is 1.43. The van der Waals surface area contributed by atoms with Crippen LogP contribution in [0.15, 0.2) is 54.7 Å². The van der Waals surface area contributed by atoms with Gasteiger partial charge in [-0.2, -0.15) is 0 Å². The number of hydrogen-bond acceptors (Lipinski definition) is 6. The Morgan fingerprint density at radius 2 is 1.56 bits per heavy atom. The molecular formula is C26H25F2N3O5. The zero-order valence-electron chi connectivity index (χ0n) is 19.5. The highest BCUT2D eigenvalue weighted by molar-refractivity contribution is 5.96. The van der Waals surface area contributed by atoms with Crippen LogP contribution in [0.3, 0.4) is 0 Å². The third kappa shape index (κ3) is 6.07. The number of ether oxygens (including phenoxy) is 2. The molecule has 3 N–H and O–H groups in total. The molecule has 1 fully saturated rings. The van der Waals surface area contributed by atoms with Crippen LogP contribution >= 0.6 is 0 Å². The molecule has 2 amide bonds. The Morgan fingerprint density at radius 3 is 2.17 bits per heavy atom. The van der Waals surface area contributed by atoms with Crippen LogP contribution in [0.2, 0.25) is 0 Å². The van der Waals surface area contributed by atoms with Gasteiger partial charge in [0.05, 0.1) is 13.3 Å². The molecule has 8 nitrogen and oxygen atoms in total. The van der Waals surface area contributed by atoms with Crippen molar-refractivity contribution in [2.45, 2.75) is 37.8 Å². The van der Waals surface area contributed by atoms with Crippen molar-refractivity contribution in [2.24, 2.45) is 0 Å². The Bertz CT molecular complexity index is 1240. The molecule has 1 saturated carbocycles. The monoisotopic (exact) mass is 497 g/mol. The molecule has 2 aromatic carbocycles. The predicted octanol–water partition coefficient (Wildman–Crippen LogP) is 4.34. The van der Waals surface area contributed by atoms with E-state index in [0.717, 1.165) is 12.3 Å². The summed E-state index contributed by atoms with van der Waals surface area (Å²) in [6, 6.07) is 10.4. The van der Waals surface area contributed by atoms with E-state index in [4.69, 9.17) is 9.47 Å². The molecule has 0 radical (unpaired) electrons. The third-order valence-corrected chi connectivity index (χ3v) is 5.93. The number of halogens is 2.